The van der Waals surface area contributed by atoms with E-state index >= 15 is 0 Å². The van der Waals surface area contributed by atoms with Crippen LogP contribution < -0.4 is 10.9 Å². The summed E-state index contributed by atoms with van der Waals surface area (Å²) >= 11 is 0. The number of aryl methyl sites for hydroxylation is 3. The summed E-state index contributed by atoms with van der Waals surface area (Å²) in [5.74, 6) is 0.0584. The maximum atomic E-state index is 12.1. The second-order valence-corrected chi connectivity index (χ2v) is 7.07. The molecule has 0 spiro atoms. The average molecular weight is 359 g/mol. The Morgan fingerprint density at radius 3 is 2.63 bits per heavy atom. The van der Waals surface area contributed by atoms with Crippen LogP contribution in [-0.2, 0) is 24.7 Å². The molecule has 0 bridgehead atoms. The SMILES string of the molecule is Cc1cc(-c2cc3c(cc2Cc2ccncc2)NC(=O)CC3)cn(C)c1=O. The molecule has 1 aromatic carbocycles. The van der Waals surface area contributed by atoms with Gasteiger partial charge >= 0.3 is 0 Å². The van der Waals surface area contributed by atoms with Gasteiger partial charge in [-0.1, -0.05) is 0 Å². The number of aromatic nitrogens is 2. The molecule has 0 atom stereocenters. The van der Waals surface area contributed by atoms with E-state index in [0.29, 0.717) is 6.42 Å². The minimum Gasteiger partial charge on any atom is -0.326 e. The summed E-state index contributed by atoms with van der Waals surface area (Å²) in [4.78, 5) is 28.0. The zero-order chi connectivity index (χ0) is 19.0. The van der Waals surface area contributed by atoms with Crippen molar-refractivity contribution in [3.63, 3.8) is 0 Å². The van der Waals surface area contributed by atoms with Crippen LogP contribution in [0, 0.1) is 6.92 Å². The molecule has 1 amide bonds. The highest BCUT2D eigenvalue weighted by atomic mass is 16.1. The standard InChI is InChI=1S/C22H21N3O2/c1-14-9-18(13-25(2)22(14)27)19-11-16-3-4-21(26)24-20(16)12-17(19)10-15-5-7-23-8-6-15/h5-9,11-13H,3-4,10H2,1-2H3,(H,24,26). The summed E-state index contributed by atoms with van der Waals surface area (Å²) in [6.07, 6.45) is 7.41. The number of carbonyl (C=O) groups is 1. The number of anilines is 1. The first-order valence-electron chi connectivity index (χ1n) is 9.03. The van der Waals surface area contributed by atoms with Gasteiger partial charge in [-0.2, -0.15) is 0 Å². The van der Waals surface area contributed by atoms with Gasteiger partial charge in [-0.25, -0.2) is 0 Å². The number of rotatable bonds is 3. The number of amides is 1. The molecular weight excluding hydrogens is 338 g/mol. The molecule has 3 heterocycles. The molecule has 0 aliphatic carbocycles. The first-order chi connectivity index (χ1) is 13.0. The van der Waals surface area contributed by atoms with E-state index in [9.17, 15) is 9.59 Å². The second-order valence-electron chi connectivity index (χ2n) is 7.07. The summed E-state index contributed by atoms with van der Waals surface area (Å²) in [5, 5.41) is 2.99. The maximum Gasteiger partial charge on any atom is 0.253 e. The van der Waals surface area contributed by atoms with Crippen LogP contribution in [0.3, 0.4) is 0 Å². The number of pyridine rings is 2. The summed E-state index contributed by atoms with van der Waals surface area (Å²) in [6, 6.07) is 10.2. The van der Waals surface area contributed by atoms with Gasteiger partial charge in [0.25, 0.3) is 5.56 Å². The number of hydrogen-bond donors (Lipinski definition) is 1. The second kappa shape index (κ2) is 6.83. The molecule has 1 aliphatic rings. The Bertz CT molecular complexity index is 1060. The summed E-state index contributed by atoms with van der Waals surface area (Å²) in [5.41, 5.74) is 7.12. The Kier molecular flexibility index (Phi) is 4.36. The molecule has 2 aromatic heterocycles. The molecule has 0 fully saturated rings. The predicted molar refractivity (Wildman–Crippen MR) is 106 cm³/mol. The molecule has 4 rings (SSSR count). The van der Waals surface area contributed by atoms with Gasteiger partial charge in [-0.3, -0.25) is 14.6 Å². The third-order valence-electron chi connectivity index (χ3n) is 5.04. The van der Waals surface area contributed by atoms with Gasteiger partial charge in [0.1, 0.15) is 0 Å². The van der Waals surface area contributed by atoms with Crippen LogP contribution in [0.25, 0.3) is 11.1 Å². The fraction of sp³-hybridized carbons (Fsp3) is 0.227. The molecule has 27 heavy (non-hydrogen) atoms. The number of benzene rings is 1. The molecular formula is C22H21N3O2. The van der Waals surface area contributed by atoms with E-state index in [4.69, 9.17) is 0 Å². The topological polar surface area (TPSA) is 64.0 Å². The van der Waals surface area contributed by atoms with Crippen molar-refractivity contribution >= 4 is 11.6 Å². The van der Waals surface area contributed by atoms with E-state index in [0.717, 1.165) is 51.9 Å². The first-order valence-corrected chi connectivity index (χ1v) is 9.03. The largest absolute Gasteiger partial charge is 0.326 e. The lowest BCUT2D eigenvalue weighted by molar-refractivity contribution is -0.116. The molecule has 0 radical (unpaired) electrons. The smallest absolute Gasteiger partial charge is 0.253 e. The minimum atomic E-state index is 0.0136. The van der Waals surface area contributed by atoms with Gasteiger partial charge in [0.15, 0.2) is 0 Å². The van der Waals surface area contributed by atoms with Crippen LogP contribution in [-0.4, -0.2) is 15.5 Å². The average Bonchev–Trinajstić information content (AvgIpc) is 2.66. The van der Waals surface area contributed by atoms with E-state index in [1.165, 1.54) is 0 Å². The van der Waals surface area contributed by atoms with Crippen molar-refractivity contribution in [3.8, 4) is 11.1 Å². The Morgan fingerprint density at radius 1 is 1.11 bits per heavy atom. The van der Waals surface area contributed by atoms with E-state index in [1.807, 2.05) is 31.3 Å². The van der Waals surface area contributed by atoms with Gasteiger partial charge in [-0.05, 0) is 77.9 Å². The Labute approximate surface area is 157 Å². The lowest BCUT2D eigenvalue weighted by atomic mass is 9.90. The molecule has 0 saturated heterocycles. The van der Waals surface area contributed by atoms with Gasteiger partial charge in [0.05, 0.1) is 0 Å². The van der Waals surface area contributed by atoms with Crippen LogP contribution in [0.4, 0.5) is 5.69 Å². The quantitative estimate of drug-likeness (QED) is 0.781. The highest BCUT2D eigenvalue weighted by Crippen LogP contribution is 2.33. The third-order valence-corrected chi connectivity index (χ3v) is 5.04. The maximum absolute atomic E-state index is 12.1. The van der Waals surface area contributed by atoms with Crippen LogP contribution in [0.2, 0.25) is 0 Å². The summed E-state index contributed by atoms with van der Waals surface area (Å²) in [6.45, 7) is 1.84. The number of fused-ring (bicyclic) bond motifs is 1. The van der Waals surface area contributed by atoms with E-state index in [2.05, 4.69) is 22.4 Å². The monoisotopic (exact) mass is 359 g/mol. The van der Waals surface area contributed by atoms with Gasteiger partial charge in [-0.15, -0.1) is 0 Å². The molecule has 1 N–H and O–H groups in total. The number of nitrogens with zero attached hydrogens (tertiary/aromatic N) is 2. The fourth-order valence-corrected chi connectivity index (χ4v) is 3.63. The fourth-order valence-electron chi connectivity index (χ4n) is 3.63. The van der Waals surface area contributed by atoms with Crippen LogP contribution in [0.5, 0.6) is 0 Å². The van der Waals surface area contributed by atoms with E-state index in [1.54, 1.807) is 24.0 Å². The van der Waals surface area contributed by atoms with Crippen molar-refractivity contribution in [1.82, 2.24) is 9.55 Å². The molecule has 5 nitrogen and oxygen atoms in total. The lowest BCUT2D eigenvalue weighted by Crippen LogP contribution is -2.20. The molecule has 5 heteroatoms. The third kappa shape index (κ3) is 3.40. The Balaban J connectivity index is 1.88. The van der Waals surface area contributed by atoms with Crippen LogP contribution in [0.15, 0.2) is 53.7 Å². The zero-order valence-corrected chi connectivity index (χ0v) is 15.5. The highest BCUT2D eigenvalue weighted by molar-refractivity contribution is 5.94. The molecule has 0 unspecified atom stereocenters. The molecule has 3 aromatic rings. The zero-order valence-electron chi connectivity index (χ0n) is 15.5. The van der Waals surface area contributed by atoms with Gasteiger partial charge in [0.2, 0.25) is 5.91 Å². The van der Waals surface area contributed by atoms with Crippen LogP contribution >= 0.6 is 0 Å². The number of carbonyl (C=O) groups excluding carboxylic acids is 1. The van der Waals surface area contributed by atoms with Gasteiger partial charge < -0.3 is 9.88 Å². The van der Waals surface area contributed by atoms with Crippen molar-refractivity contribution in [2.24, 2.45) is 7.05 Å². The Hall–Kier alpha value is -3.21. The van der Waals surface area contributed by atoms with Crippen molar-refractivity contribution in [2.75, 3.05) is 5.32 Å². The highest BCUT2D eigenvalue weighted by Gasteiger charge is 2.19. The van der Waals surface area contributed by atoms with Crippen molar-refractivity contribution < 1.29 is 4.79 Å². The number of nitrogens with one attached hydrogen (secondary N) is 1. The number of hydrogen-bond acceptors (Lipinski definition) is 3. The van der Waals surface area contributed by atoms with Crippen LogP contribution in [0.1, 0.15) is 28.7 Å². The van der Waals surface area contributed by atoms with Crippen molar-refractivity contribution in [3.05, 3.63) is 81.5 Å². The first kappa shape index (κ1) is 17.2. The van der Waals surface area contributed by atoms with E-state index in [-0.39, 0.29) is 11.5 Å². The lowest BCUT2D eigenvalue weighted by Gasteiger charge is -2.21. The normalized spacial score (nSPS) is 13.2. The van der Waals surface area contributed by atoms with Gasteiger partial charge in [0, 0.05) is 43.3 Å². The van der Waals surface area contributed by atoms with Crippen molar-refractivity contribution in [1.29, 1.82) is 0 Å². The van der Waals surface area contributed by atoms with E-state index < -0.39 is 0 Å². The molecule has 136 valence electrons. The summed E-state index contributed by atoms with van der Waals surface area (Å²) in [7, 11) is 1.78. The minimum absolute atomic E-state index is 0.0136. The summed E-state index contributed by atoms with van der Waals surface area (Å²) < 4.78 is 1.63. The van der Waals surface area contributed by atoms with Crippen molar-refractivity contribution in [2.45, 2.75) is 26.2 Å². The molecule has 1 aliphatic heterocycles. The molecule has 0 saturated carbocycles. The predicted octanol–water partition coefficient (Wildman–Crippen LogP) is 3.23. The Morgan fingerprint density at radius 2 is 1.89 bits per heavy atom.